The van der Waals surface area contributed by atoms with Crippen LogP contribution < -0.4 is 19.1 Å². The Labute approximate surface area is 287 Å². The van der Waals surface area contributed by atoms with E-state index in [0.717, 1.165) is 68.1 Å². The molecule has 1 aromatic heterocycles. The van der Waals surface area contributed by atoms with Crippen LogP contribution in [-0.2, 0) is 16.1 Å². The van der Waals surface area contributed by atoms with Crippen molar-refractivity contribution in [1.29, 1.82) is 0 Å². The van der Waals surface area contributed by atoms with Gasteiger partial charge < -0.3 is 33.6 Å². The first-order valence-electron chi connectivity index (χ1n) is 16.7. The first kappa shape index (κ1) is 35.5. The van der Waals surface area contributed by atoms with Crippen LogP contribution in [-0.4, -0.2) is 98.9 Å². The van der Waals surface area contributed by atoms with E-state index < -0.39 is 0 Å². The number of para-hydroxylation sites is 2. The largest absolute Gasteiger partial charge is 0.493 e. The van der Waals surface area contributed by atoms with E-state index >= 15 is 0 Å². The van der Waals surface area contributed by atoms with E-state index in [4.69, 9.17) is 23.9 Å². The Morgan fingerprint density at radius 2 is 1.65 bits per heavy atom. The molecule has 0 bridgehead atoms. The summed E-state index contributed by atoms with van der Waals surface area (Å²) >= 11 is 0. The number of imidazole rings is 1. The minimum atomic E-state index is -0.328. The maximum absolute atomic E-state index is 13.9. The van der Waals surface area contributed by atoms with E-state index in [0.29, 0.717) is 35.8 Å². The highest BCUT2D eigenvalue weighted by Crippen LogP contribution is 2.39. The number of rotatable bonds is 14. The Kier molecular flexibility index (Phi) is 12.0. The number of halogens is 1. The second kappa shape index (κ2) is 16.5. The number of ether oxygens (including phenoxy) is 4. The number of esters is 1. The van der Waals surface area contributed by atoms with Crippen LogP contribution in [0.4, 0.5) is 10.3 Å². The molecule has 0 aliphatic carbocycles. The van der Waals surface area contributed by atoms with Crippen molar-refractivity contribution in [3.05, 3.63) is 77.6 Å². The molecule has 11 nitrogen and oxygen atoms in total. The molecule has 3 aromatic carbocycles. The van der Waals surface area contributed by atoms with Gasteiger partial charge in [-0.3, -0.25) is 14.2 Å². The highest BCUT2D eigenvalue weighted by molar-refractivity contribution is 5.95. The number of aromatic nitrogens is 2. The molecule has 0 saturated carbocycles. The van der Waals surface area contributed by atoms with Gasteiger partial charge in [-0.25, -0.2) is 9.37 Å². The molecular formula is C37H46FN5O6. The number of hydrogen-bond acceptors (Lipinski definition) is 9. The van der Waals surface area contributed by atoms with E-state index in [1.807, 2.05) is 35.8 Å². The minimum Gasteiger partial charge on any atom is -0.493 e. The molecule has 5 rings (SSSR count). The molecule has 2 heterocycles. The predicted molar refractivity (Wildman–Crippen MR) is 186 cm³/mol. The molecule has 49 heavy (non-hydrogen) atoms. The third-order valence-corrected chi connectivity index (χ3v) is 9.00. The van der Waals surface area contributed by atoms with Crippen LogP contribution in [0.3, 0.4) is 0 Å². The second-order valence-electron chi connectivity index (χ2n) is 12.0. The van der Waals surface area contributed by atoms with Gasteiger partial charge in [-0.2, -0.15) is 0 Å². The number of anilines is 1. The van der Waals surface area contributed by atoms with Crippen molar-refractivity contribution in [2.75, 3.05) is 72.6 Å². The fourth-order valence-electron chi connectivity index (χ4n) is 6.52. The van der Waals surface area contributed by atoms with Crippen molar-refractivity contribution < 1.29 is 32.9 Å². The summed E-state index contributed by atoms with van der Waals surface area (Å²) in [6.07, 6.45) is 2.42. The summed E-state index contributed by atoms with van der Waals surface area (Å²) in [5.41, 5.74) is 3.00. The van der Waals surface area contributed by atoms with Crippen molar-refractivity contribution >= 4 is 28.9 Å². The quantitative estimate of drug-likeness (QED) is 0.159. The number of fused-ring (bicyclic) bond motifs is 1. The van der Waals surface area contributed by atoms with Crippen LogP contribution in [0.15, 0.2) is 60.7 Å². The average Bonchev–Trinajstić information content (AvgIpc) is 3.30. The zero-order chi connectivity index (χ0) is 34.9. The average molecular weight is 676 g/mol. The Balaban J connectivity index is 1.28. The first-order chi connectivity index (χ1) is 23.8. The zero-order valence-corrected chi connectivity index (χ0v) is 29.0. The fourth-order valence-corrected chi connectivity index (χ4v) is 6.52. The second-order valence-corrected chi connectivity index (χ2v) is 12.0. The molecular weight excluding hydrogens is 629 g/mol. The van der Waals surface area contributed by atoms with Gasteiger partial charge in [0.2, 0.25) is 11.7 Å². The predicted octanol–water partition coefficient (Wildman–Crippen LogP) is 5.57. The maximum Gasteiger partial charge on any atom is 0.326 e. The van der Waals surface area contributed by atoms with E-state index in [-0.39, 0.29) is 30.3 Å². The van der Waals surface area contributed by atoms with Crippen LogP contribution in [0.2, 0.25) is 0 Å². The Hall–Kier alpha value is -4.84. The van der Waals surface area contributed by atoms with Gasteiger partial charge in [-0.05, 0) is 81.2 Å². The van der Waals surface area contributed by atoms with Crippen LogP contribution in [0.1, 0.15) is 48.1 Å². The molecule has 1 aliphatic heterocycles. The van der Waals surface area contributed by atoms with Crippen LogP contribution in [0, 0.1) is 5.82 Å². The summed E-state index contributed by atoms with van der Waals surface area (Å²) in [6, 6.07) is 17.2. The van der Waals surface area contributed by atoms with Crippen LogP contribution >= 0.6 is 0 Å². The lowest BCUT2D eigenvalue weighted by molar-refractivity contribution is -0.143. The van der Waals surface area contributed by atoms with E-state index in [2.05, 4.69) is 9.80 Å². The van der Waals surface area contributed by atoms with Crippen molar-refractivity contribution in [2.45, 2.75) is 38.8 Å². The summed E-state index contributed by atoms with van der Waals surface area (Å²) < 4.78 is 37.5. The molecule has 1 fully saturated rings. The molecule has 1 saturated heterocycles. The number of benzene rings is 3. The standard InChI is InChI=1S/C37H46FN5O6/c1-6-49-34(44)25-43-31-12-8-7-11-29(31)39-37(43)42-20-10-19-41(21-22-42)18-9-13-30(26-14-16-28(38)17-15-26)40(2)36(45)27-23-32(46-3)35(48-5)33(24-27)47-4/h7-8,11-12,14-17,23-24,30H,6,9-10,13,18-22,25H2,1-5H3. The molecule has 0 spiro atoms. The molecule has 12 heteroatoms. The lowest BCUT2D eigenvalue weighted by Crippen LogP contribution is -2.34. The fraction of sp³-hybridized carbons (Fsp3) is 0.432. The molecule has 1 aliphatic rings. The normalized spacial score (nSPS) is 14.3. The van der Waals surface area contributed by atoms with Gasteiger partial charge in [0.1, 0.15) is 12.4 Å². The number of hydrogen-bond donors (Lipinski definition) is 0. The summed E-state index contributed by atoms with van der Waals surface area (Å²) in [7, 11) is 6.31. The van der Waals surface area contributed by atoms with Gasteiger partial charge in [-0.1, -0.05) is 24.3 Å². The van der Waals surface area contributed by atoms with Crippen LogP contribution in [0.5, 0.6) is 17.2 Å². The number of carbonyl (C=O) groups excluding carboxylic acids is 2. The topological polar surface area (TPSA) is 98.6 Å². The van der Waals surface area contributed by atoms with E-state index in [9.17, 15) is 14.0 Å². The van der Waals surface area contributed by atoms with E-state index in [1.54, 1.807) is 36.2 Å². The number of amides is 1. The Morgan fingerprint density at radius 1 is 0.939 bits per heavy atom. The first-order valence-corrected chi connectivity index (χ1v) is 16.7. The summed E-state index contributed by atoms with van der Waals surface area (Å²) in [4.78, 5) is 37.7. The Morgan fingerprint density at radius 3 is 2.33 bits per heavy atom. The molecule has 0 N–H and O–H groups in total. The molecule has 1 unspecified atom stereocenters. The highest BCUT2D eigenvalue weighted by atomic mass is 19.1. The highest BCUT2D eigenvalue weighted by Gasteiger charge is 2.27. The maximum atomic E-state index is 13.9. The lowest BCUT2D eigenvalue weighted by atomic mass is 9.99. The van der Waals surface area contributed by atoms with Gasteiger partial charge in [0.05, 0.1) is 45.0 Å². The summed E-state index contributed by atoms with van der Waals surface area (Å²) in [6.45, 7) is 6.38. The summed E-state index contributed by atoms with van der Waals surface area (Å²) in [5.74, 6) is 1.14. The molecule has 0 radical (unpaired) electrons. The number of nitrogens with zero attached hydrogens (tertiary/aromatic N) is 5. The van der Waals surface area contributed by atoms with Crippen LogP contribution in [0.25, 0.3) is 11.0 Å². The minimum absolute atomic E-state index is 0.108. The van der Waals surface area contributed by atoms with Crippen molar-refractivity contribution in [1.82, 2.24) is 19.4 Å². The van der Waals surface area contributed by atoms with Crippen molar-refractivity contribution in [3.63, 3.8) is 0 Å². The molecule has 262 valence electrons. The molecule has 1 atom stereocenters. The molecule has 1 amide bonds. The van der Waals surface area contributed by atoms with Gasteiger partial charge in [0.15, 0.2) is 11.5 Å². The third kappa shape index (κ3) is 8.25. The monoisotopic (exact) mass is 675 g/mol. The van der Waals surface area contributed by atoms with Gasteiger partial charge >= 0.3 is 5.97 Å². The number of methoxy groups -OCH3 is 3. The SMILES string of the molecule is CCOC(=O)Cn1c(N2CCCN(CCCC(c3ccc(F)cc3)N(C)C(=O)c3cc(OC)c(OC)c(OC)c3)CC2)nc2ccccc21. The number of carbonyl (C=O) groups is 2. The van der Waals surface area contributed by atoms with Crippen molar-refractivity contribution in [2.24, 2.45) is 0 Å². The molecule has 4 aromatic rings. The summed E-state index contributed by atoms with van der Waals surface area (Å²) in [5, 5.41) is 0. The smallest absolute Gasteiger partial charge is 0.326 e. The Bertz CT molecular complexity index is 1700. The van der Waals surface area contributed by atoms with Gasteiger partial charge in [0, 0.05) is 32.2 Å². The third-order valence-electron chi connectivity index (χ3n) is 9.00. The zero-order valence-electron chi connectivity index (χ0n) is 29.0. The van der Waals surface area contributed by atoms with Crippen molar-refractivity contribution in [3.8, 4) is 17.2 Å². The van der Waals surface area contributed by atoms with E-state index in [1.165, 1.54) is 33.5 Å². The van der Waals surface area contributed by atoms with Gasteiger partial charge in [-0.15, -0.1) is 0 Å². The lowest BCUT2D eigenvalue weighted by Gasteiger charge is -2.30. The van der Waals surface area contributed by atoms with Gasteiger partial charge in [0.25, 0.3) is 5.91 Å².